The van der Waals surface area contributed by atoms with Crippen LogP contribution in [0.4, 0.5) is 28.8 Å². The molecular weight excluding hydrogens is 1360 g/mol. The quantitative estimate of drug-likeness (QED) is 0.0278. The maximum Gasteiger partial charge on any atom is 0.306 e. The van der Waals surface area contributed by atoms with Crippen LogP contribution in [0.3, 0.4) is 0 Å². The van der Waals surface area contributed by atoms with Crippen LogP contribution in [0.2, 0.25) is 0 Å². The number of aromatic nitrogens is 2. The third kappa shape index (κ3) is 33.0. The number of nitrogens with one attached hydrogen (secondary N) is 2. The number of piperidine rings is 8. The molecule has 104 heavy (non-hydrogen) atoms. The highest BCUT2D eigenvalue weighted by Gasteiger charge is 2.32. The van der Waals surface area contributed by atoms with Gasteiger partial charge in [0.05, 0.1) is 28.4 Å². The standard InChI is InChI=1S/C15H20BN3O3.C12H15BN2O3.C7H10BClN2O2.C7H11BN2O2.C7H12BNO2.C7H10BNO2.C6H11NO2.C6H13NO/c1-10-13(12(20)6-7-18(2)3)14(17-22-10)11-4-8-19(9-5-11)15(16)21;1-7(16)10-8(2)18-14-11(10)9-3-5-15(6-4-9)12(13)17;8-7(12)11-3-1-5(2-4-11)6(9)10-13;8-7(11)10-3-1-6(2-4-10)5-9-12;2*8-7(11)9-3-1-6(5-10)2-4-9;8-6(9)5-1-3-7-4-2-5;8-5-6-1-3-7-4-2-6/h6-7,11H,4-5,8-9H2,1-3H3;9H,3-6H2,1-2H3;5,13H,1-4H2;5-6,12H,1-4H2;6,10H,1-5H2;5-6H,1-4H2;5,7H,1-4H2,(H,8,9);6-8H,1-5H2/b7-6+;;;;;;;. The molecule has 0 aromatic carbocycles. The van der Waals surface area contributed by atoms with E-state index in [1.165, 1.54) is 19.2 Å². The molecule has 2 aromatic rings. The van der Waals surface area contributed by atoms with Crippen LogP contribution in [0, 0.1) is 49.4 Å². The topological polar surface area (TPSA) is 395 Å². The van der Waals surface area contributed by atoms with Crippen LogP contribution < -0.4 is 10.6 Å². The van der Waals surface area contributed by atoms with E-state index in [-0.39, 0.29) is 76.3 Å². The highest BCUT2D eigenvalue weighted by Crippen LogP contribution is 2.33. The van der Waals surface area contributed by atoms with Crippen LogP contribution in [-0.2, 0) is 9.59 Å². The Morgan fingerprint density at radius 1 is 0.519 bits per heavy atom. The fraction of sp³-hybridized carbons (Fsp3) is 0.701. The number of carbonyl (C=O) groups is 10. The van der Waals surface area contributed by atoms with Gasteiger partial charge in [0.15, 0.2) is 46.4 Å². The first kappa shape index (κ1) is 90.9. The average molecular weight is 1460 g/mol. The summed E-state index contributed by atoms with van der Waals surface area (Å²) in [4.78, 5) is 121. The van der Waals surface area contributed by atoms with Crippen molar-refractivity contribution in [3.05, 3.63) is 46.3 Å². The number of hydrogen-bond donors (Lipinski definition) is 7. The molecule has 0 spiro atoms. The van der Waals surface area contributed by atoms with Crippen molar-refractivity contribution in [3.8, 4) is 0 Å². The van der Waals surface area contributed by atoms with Gasteiger partial charge in [-0.3, -0.25) is 43.2 Å². The Hall–Kier alpha value is -7.28. The maximum atomic E-state index is 12.4. The number of aliphatic hydroxyl groups is 2. The van der Waals surface area contributed by atoms with Gasteiger partial charge < -0.3 is 84.5 Å². The van der Waals surface area contributed by atoms with Crippen molar-refractivity contribution in [2.24, 2.45) is 45.8 Å². The van der Waals surface area contributed by atoms with E-state index in [2.05, 4.69) is 31.3 Å². The monoisotopic (exact) mass is 1460 g/mol. The first-order chi connectivity index (χ1) is 49.5. The summed E-state index contributed by atoms with van der Waals surface area (Å²) in [6.07, 6.45) is 18.9. The summed E-state index contributed by atoms with van der Waals surface area (Å²) >= 11 is 5.64. The Labute approximate surface area is 623 Å². The Kier molecular flexibility index (Phi) is 43.3. The van der Waals surface area contributed by atoms with E-state index < -0.39 is 23.4 Å². The van der Waals surface area contributed by atoms with E-state index in [0.717, 1.165) is 128 Å². The minimum Gasteiger partial charge on any atom is -0.481 e. The molecule has 0 atom stereocenters. The summed E-state index contributed by atoms with van der Waals surface area (Å²) < 4.78 is 10.3. The van der Waals surface area contributed by atoms with Gasteiger partial charge in [0, 0.05) is 154 Å². The minimum absolute atomic E-state index is 0.0268. The van der Waals surface area contributed by atoms with Crippen molar-refractivity contribution in [1.82, 2.24) is 55.2 Å². The van der Waals surface area contributed by atoms with Gasteiger partial charge in [0.1, 0.15) is 23.0 Å². The lowest BCUT2D eigenvalue weighted by atomic mass is 9.88. The molecule has 10 heterocycles. The second-order valence-corrected chi connectivity index (χ2v) is 27.2. The number of halogens is 1. The number of aliphatic carboxylic acids is 1. The Bertz CT molecular complexity index is 3070. The van der Waals surface area contributed by atoms with E-state index >= 15 is 0 Å². The van der Waals surface area contributed by atoms with Gasteiger partial charge in [0.2, 0.25) is 47.1 Å². The number of carbonyl (C=O) groups excluding carboxylic acids is 9. The normalized spacial score (nSPS) is 19.2. The zero-order valence-electron chi connectivity index (χ0n) is 60.9. The van der Waals surface area contributed by atoms with Crippen LogP contribution in [-0.4, -0.2) is 319 Å². The molecule has 8 aliphatic rings. The third-order valence-corrected chi connectivity index (χ3v) is 19.7. The van der Waals surface area contributed by atoms with Gasteiger partial charge in [-0.15, -0.1) is 5.16 Å². The second kappa shape index (κ2) is 49.5. The number of hydrogen-bond acceptors (Lipinski definition) is 23. The second-order valence-electron chi connectivity index (χ2n) is 26.8. The van der Waals surface area contributed by atoms with E-state index in [4.69, 9.17) is 93.5 Å². The predicted octanol–water partition coefficient (Wildman–Crippen LogP) is 5.04. The Morgan fingerprint density at radius 2 is 0.856 bits per heavy atom. The van der Waals surface area contributed by atoms with Gasteiger partial charge in [-0.2, -0.15) is 0 Å². The molecule has 37 heteroatoms. The molecule has 2 aromatic heterocycles. The zero-order valence-corrected chi connectivity index (χ0v) is 61.6. The molecule has 8 saturated heterocycles. The molecule has 12 radical (unpaired) electrons. The molecule has 0 bridgehead atoms. The number of aryl methyl sites for hydroxylation is 2. The van der Waals surface area contributed by atoms with Crippen molar-refractivity contribution in [2.75, 3.05) is 132 Å². The maximum absolute atomic E-state index is 12.4. The van der Waals surface area contributed by atoms with E-state index in [0.29, 0.717) is 138 Å². The van der Waals surface area contributed by atoms with Crippen LogP contribution in [0.25, 0.3) is 0 Å². The number of aldehydes is 1. The lowest BCUT2D eigenvalue weighted by Gasteiger charge is -2.31. The molecule has 8 fully saturated rings. The summed E-state index contributed by atoms with van der Waals surface area (Å²) in [7, 11) is 34.5. The van der Waals surface area contributed by atoms with Crippen molar-refractivity contribution >= 4 is 129 Å². The van der Waals surface area contributed by atoms with Gasteiger partial charge in [-0.25, -0.2) is 0 Å². The fourth-order valence-electron chi connectivity index (χ4n) is 12.6. The SMILES string of the molecule is O=C(O)C1CCNCC1.OCC1CCNCC1.[B]C(=O)N1CCC(C(Cl)=NO)CC1.[B]C(=O)N1CCC(C=NO)CC1.[B]C(=O)N1CCC(C=O)CC1.[B]C(=O)N1CCC(CO)CC1.[B]C(=O)N1CCC(c2noc(C)c2C(=O)/C=C/N(C)C)CC1.[B]C(=O)N1CCC(c2noc(C)c2C(C)=O)CC1. The van der Waals surface area contributed by atoms with E-state index in [9.17, 15) is 47.9 Å². The zero-order chi connectivity index (χ0) is 77.4. The molecular formula is C67H102B6ClN13O17. The summed E-state index contributed by atoms with van der Waals surface area (Å²) in [5.41, 5.74) is 2.54. The van der Waals surface area contributed by atoms with Crippen LogP contribution in [0.1, 0.15) is 165 Å². The summed E-state index contributed by atoms with van der Waals surface area (Å²) in [6, 6.07) is 0. The summed E-state index contributed by atoms with van der Waals surface area (Å²) in [6.45, 7) is 17.0. The number of oxime groups is 2. The molecule has 10 rings (SSSR count). The number of carboxylic acids is 1. The third-order valence-electron chi connectivity index (χ3n) is 19.3. The van der Waals surface area contributed by atoms with Crippen molar-refractivity contribution in [3.63, 3.8) is 0 Å². The minimum atomic E-state index is -0.642. The van der Waals surface area contributed by atoms with Crippen LogP contribution >= 0.6 is 11.6 Å². The molecule has 30 nitrogen and oxygen atoms in total. The molecule has 0 aliphatic carbocycles. The van der Waals surface area contributed by atoms with Gasteiger partial charge in [0.25, 0.3) is 0 Å². The number of Topliss-reactive ketones (excluding diaryl/α,β-unsaturated/α-hetero) is 1. The van der Waals surface area contributed by atoms with E-state index in [1.54, 1.807) is 54.3 Å². The molecule has 0 saturated carbocycles. The van der Waals surface area contributed by atoms with Crippen molar-refractivity contribution in [1.29, 1.82) is 0 Å². The predicted molar refractivity (Wildman–Crippen MR) is 395 cm³/mol. The largest absolute Gasteiger partial charge is 0.481 e. The van der Waals surface area contributed by atoms with Crippen molar-refractivity contribution < 1.29 is 82.7 Å². The average Bonchev–Trinajstić information content (AvgIpc) is 1.66. The number of amides is 6. The number of ketones is 2. The van der Waals surface area contributed by atoms with Crippen molar-refractivity contribution in [2.45, 2.75) is 135 Å². The molecule has 6 amide bonds. The molecule has 8 aliphatic heterocycles. The number of rotatable bonds is 12. The highest BCUT2D eigenvalue weighted by molar-refractivity contribution is 6.65. The lowest BCUT2D eigenvalue weighted by Crippen LogP contribution is -2.39. The van der Waals surface area contributed by atoms with Crippen LogP contribution in [0.5, 0.6) is 0 Å². The molecule has 562 valence electrons. The molecule has 7 N–H and O–H groups in total. The fourth-order valence-corrected chi connectivity index (χ4v) is 12.8. The number of carboxylic acid groups (broad SMARTS) is 1. The smallest absolute Gasteiger partial charge is 0.306 e. The number of nitrogens with zero attached hydrogens (tertiary/aromatic N) is 11. The first-order valence-electron chi connectivity index (χ1n) is 35.4. The first-order valence-corrected chi connectivity index (χ1v) is 35.8. The van der Waals surface area contributed by atoms with E-state index in [1.807, 2.05) is 14.1 Å². The summed E-state index contributed by atoms with van der Waals surface area (Å²) in [5, 5.41) is 63.2. The number of allylic oxidation sites excluding steroid dienone is 1. The number of likely N-dealkylation sites (tertiary alicyclic amines) is 6. The highest BCUT2D eigenvalue weighted by atomic mass is 35.5. The van der Waals surface area contributed by atoms with Gasteiger partial charge in [-0.1, -0.05) is 27.1 Å². The Balaban J connectivity index is 0.000000315. The lowest BCUT2D eigenvalue weighted by molar-refractivity contribution is -0.142. The summed E-state index contributed by atoms with van der Waals surface area (Å²) in [5.74, 6) is -0.381. The Morgan fingerprint density at radius 3 is 1.17 bits per heavy atom. The molecule has 0 unspecified atom stereocenters. The van der Waals surface area contributed by atoms with Gasteiger partial charge >= 0.3 is 5.97 Å². The van der Waals surface area contributed by atoms with Gasteiger partial charge in [-0.05, 0) is 162 Å². The number of aliphatic hydroxyl groups excluding tert-OH is 2. The van der Waals surface area contributed by atoms with Crippen LogP contribution in [0.15, 0.2) is 31.6 Å².